The molecular formula is C12H14N4O3. The number of methoxy groups -OCH3 is 1. The molecule has 1 heterocycles. The van der Waals surface area contributed by atoms with Gasteiger partial charge in [0.2, 0.25) is 0 Å². The SMILES string of the molecule is COC(=O)c1c(C)ccc(C)c1-n1nnn(C)c1=O. The number of carbonyl (C=O) groups is 1. The number of rotatable bonds is 2. The van der Waals surface area contributed by atoms with E-state index < -0.39 is 11.7 Å². The second-order valence-electron chi connectivity index (χ2n) is 4.21. The van der Waals surface area contributed by atoms with Crippen LogP contribution in [0.5, 0.6) is 0 Å². The fourth-order valence-corrected chi connectivity index (χ4v) is 1.88. The Kier molecular flexibility index (Phi) is 3.20. The molecule has 0 aliphatic rings. The smallest absolute Gasteiger partial charge is 0.368 e. The third-order valence-corrected chi connectivity index (χ3v) is 2.91. The first kappa shape index (κ1) is 13.0. The van der Waals surface area contributed by atoms with Crippen molar-refractivity contribution in [2.45, 2.75) is 13.8 Å². The summed E-state index contributed by atoms with van der Waals surface area (Å²) >= 11 is 0. The highest BCUT2D eigenvalue weighted by atomic mass is 16.5. The molecule has 0 atom stereocenters. The molecule has 0 aliphatic heterocycles. The Morgan fingerprint density at radius 3 is 2.37 bits per heavy atom. The van der Waals surface area contributed by atoms with Crippen LogP contribution in [-0.4, -0.2) is 32.9 Å². The lowest BCUT2D eigenvalue weighted by atomic mass is 10.0. The molecule has 1 aromatic heterocycles. The number of aromatic nitrogens is 4. The summed E-state index contributed by atoms with van der Waals surface area (Å²) in [6.07, 6.45) is 0. The fraction of sp³-hybridized carbons (Fsp3) is 0.333. The van der Waals surface area contributed by atoms with Crippen LogP contribution >= 0.6 is 0 Å². The van der Waals surface area contributed by atoms with Crippen LogP contribution in [0.15, 0.2) is 16.9 Å². The molecule has 100 valence electrons. The Hall–Kier alpha value is -2.44. The van der Waals surface area contributed by atoms with E-state index in [4.69, 9.17) is 4.74 Å². The van der Waals surface area contributed by atoms with Gasteiger partial charge in [-0.25, -0.2) is 9.59 Å². The van der Waals surface area contributed by atoms with Crippen molar-refractivity contribution in [3.8, 4) is 5.69 Å². The van der Waals surface area contributed by atoms with Crippen molar-refractivity contribution in [1.82, 2.24) is 19.8 Å². The summed E-state index contributed by atoms with van der Waals surface area (Å²) < 4.78 is 6.98. The quantitative estimate of drug-likeness (QED) is 0.730. The molecule has 19 heavy (non-hydrogen) atoms. The minimum atomic E-state index is -0.506. The van der Waals surface area contributed by atoms with Crippen LogP contribution in [-0.2, 0) is 11.8 Å². The fourth-order valence-electron chi connectivity index (χ4n) is 1.88. The van der Waals surface area contributed by atoms with Crippen LogP contribution in [0.4, 0.5) is 0 Å². The number of benzene rings is 1. The summed E-state index contributed by atoms with van der Waals surface area (Å²) in [5, 5.41) is 7.43. The van der Waals surface area contributed by atoms with E-state index in [9.17, 15) is 9.59 Å². The second kappa shape index (κ2) is 4.68. The van der Waals surface area contributed by atoms with Crippen molar-refractivity contribution in [2.75, 3.05) is 7.11 Å². The summed E-state index contributed by atoms with van der Waals surface area (Å²) in [4.78, 5) is 23.9. The molecular weight excluding hydrogens is 248 g/mol. The maximum absolute atomic E-state index is 11.9. The summed E-state index contributed by atoms with van der Waals surface area (Å²) in [6.45, 7) is 3.57. The van der Waals surface area contributed by atoms with E-state index in [-0.39, 0.29) is 0 Å². The second-order valence-corrected chi connectivity index (χ2v) is 4.21. The molecule has 0 saturated carbocycles. The van der Waals surface area contributed by atoms with Gasteiger partial charge in [0.25, 0.3) is 0 Å². The molecule has 0 saturated heterocycles. The minimum Gasteiger partial charge on any atom is -0.465 e. The molecule has 0 aliphatic carbocycles. The van der Waals surface area contributed by atoms with E-state index in [1.807, 2.05) is 6.07 Å². The Morgan fingerprint density at radius 2 is 1.84 bits per heavy atom. The molecule has 2 aromatic rings. The standard InChI is InChI=1S/C12H14N4O3/c1-7-5-6-8(2)10(9(7)11(17)19-4)16-12(18)15(3)13-14-16/h5-6H,1-4H3. The zero-order valence-electron chi connectivity index (χ0n) is 11.2. The van der Waals surface area contributed by atoms with Gasteiger partial charge in [0, 0.05) is 7.05 Å². The van der Waals surface area contributed by atoms with Crippen molar-refractivity contribution >= 4 is 5.97 Å². The summed E-state index contributed by atoms with van der Waals surface area (Å²) in [5.74, 6) is -0.506. The predicted octanol–water partition coefficient (Wildman–Crippen LogP) is 0.369. The largest absolute Gasteiger partial charge is 0.465 e. The number of ether oxygens (including phenoxy) is 1. The van der Waals surface area contributed by atoms with Gasteiger partial charge in [-0.15, -0.1) is 0 Å². The Labute approximate surface area is 109 Å². The van der Waals surface area contributed by atoms with E-state index in [1.165, 1.54) is 14.2 Å². The molecule has 0 amide bonds. The van der Waals surface area contributed by atoms with E-state index in [0.29, 0.717) is 16.8 Å². The molecule has 0 radical (unpaired) electrons. The van der Waals surface area contributed by atoms with Crippen LogP contribution in [0.25, 0.3) is 5.69 Å². The lowest BCUT2D eigenvalue weighted by Crippen LogP contribution is -2.25. The van der Waals surface area contributed by atoms with Crippen LogP contribution in [0.1, 0.15) is 21.5 Å². The van der Waals surface area contributed by atoms with Crippen LogP contribution in [0, 0.1) is 13.8 Å². The van der Waals surface area contributed by atoms with Crippen molar-refractivity contribution < 1.29 is 9.53 Å². The molecule has 7 heteroatoms. The van der Waals surface area contributed by atoms with E-state index in [1.54, 1.807) is 19.9 Å². The van der Waals surface area contributed by atoms with Gasteiger partial charge in [-0.1, -0.05) is 12.1 Å². The molecule has 1 aromatic carbocycles. The van der Waals surface area contributed by atoms with Crippen LogP contribution in [0.3, 0.4) is 0 Å². The Morgan fingerprint density at radius 1 is 1.21 bits per heavy atom. The van der Waals surface area contributed by atoms with Crippen molar-refractivity contribution in [2.24, 2.45) is 7.05 Å². The number of hydrogen-bond donors (Lipinski definition) is 0. The number of esters is 1. The zero-order chi connectivity index (χ0) is 14.2. The number of nitrogens with zero attached hydrogens (tertiary/aromatic N) is 4. The van der Waals surface area contributed by atoms with Gasteiger partial charge in [-0.3, -0.25) is 0 Å². The molecule has 7 nitrogen and oxygen atoms in total. The highest BCUT2D eigenvalue weighted by molar-refractivity contribution is 5.95. The summed E-state index contributed by atoms with van der Waals surface area (Å²) in [6, 6.07) is 3.62. The predicted molar refractivity (Wildman–Crippen MR) is 67.4 cm³/mol. The first-order valence-corrected chi connectivity index (χ1v) is 5.65. The third kappa shape index (κ3) is 2.03. The highest BCUT2D eigenvalue weighted by Crippen LogP contribution is 2.21. The van der Waals surface area contributed by atoms with Gasteiger partial charge in [0.05, 0.1) is 18.4 Å². The van der Waals surface area contributed by atoms with E-state index in [2.05, 4.69) is 10.4 Å². The average Bonchev–Trinajstić information content (AvgIpc) is 2.72. The minimum absolute atomic E-state index is 0.324. The maximum atomic E-state index is 11.9. The molecule has 0 bridgehead atoms. The third-order valence-electron chi connectivity index (χ3n) is 2.91. The van der Waals surface area contributed by atoms with E-state index in [0.717, 1.165) is 14.9 Å². The first-order chi connectivity index (χ1) is 8.97. The maximum Gasteiger partial charge on any atom is 0.368 e. The van der Waals surface area contributed by atoms with E-state index >= 15 is 0 Å². The van der Waals surface area contributed by atoms with Crippen molar-refractivity contribution in [1.29, 1.82) is 0 Å². The summed E-state index contributed by atoms with van der Waals surface area (Å²) in [7, 11) is 2.79. The number of tetrazole rings is 1. The lowest BCUT2D eigenvalue weighted by molar-refractivity contribution is 0.0599. The van der Waals surface area contributed by atoms with Crippen LogP contribution < -0.4 is 5.69 Å². The number of carbonyl (C=O) groups excluding carboxylic acids is 1. The van der Waals surface area contributed by atoms with Gasteiger partial charge in [0.1, 0.15) is 0 Å². The number of aryl methyl sites for hydroxylation is 3. The first-order valence-electron chi connectivity index (χ1n) is 5.65. The van der Waals surface area contributed by atoms with Crippen molar-refractivity contribution in [3.63, 3.8) is 0 Å². The molecule has 0 N–H and O–H groups in total. The monoisotopic (exact) mass is 262 g/mol. The highest BCUT2D eigenvalue weighted by Gasteiger charge is 2.21. The topological polar surface area (TPSA) is 79.0 Å². The molecule has 0 fully saturated rings. The molecule has 0 spiro atoms. The Balaban J connectivity index is 2.82. The van der Waals surface area contributed by atoms with Crippen molar-refractivity contribution in [3.05, 3.63) is 39.3 Å². The summed E-state index contributed by atoms with van der Waals surface area (Å²) in [5.41, 5.74) is 1.77. The van der Waals surface area contributed by atoms with Gasteiger partial charge in [-0.2, -0.15) is 9.36 Å². The van der Waals surface area contributed by atoms with Crippen LogP contribution in [0.2, 0.25) is 0 Å². The lowest BCUT2D eigenvalue weighted by Gasteiger charge is -2.12. The normalized spacial score (nSPS) is 10.5. The molecule has 0 unspecified atom stereocenters. The van der Waals surface area contributed by atoms with Gasteiger partial charge >= 0.3 is 11.7 Å². The molecule has 2 rings (SSSR count). The average molecular weight is 262 g/mol. The van der Waals surface area contributed by atoms with Gasteiger partial charge in [0.15, 0.2) is 0 Å². The van der Waals surface area contributed by atoms with Gasteiger partial charge < -0.3 is 4.74 Å². The number of hydrogen-bond acceptors (Lipinski definition) is 5. The van der Waals surface area contributed by atoms with Gasteiger partial charge in [-0.05, 0) is 35.4 Å². The zero-order valence-corrected chi connectivity index (χ0v) is 11.2. The Bertz CT molecular complexity index is 699.